The first kappa shape index (κ1) is 17.4. The van der Waals surface area contributed by atoms with Crippen molar-refractivity contribution in [3.8, 4) is 6.07 Å². The number of carbonyl (C=O) groups is 2. The molecule has 0 aromatic carbocycles. The molecule has 1 aromatic heterocycles. The number of pyridine rings is 1. The summed E-state index contributed by atoms with van der Waals surface area (Å²) in [5.41, 5.74) is 0.618. The molecule has 7 nitrogen and oxygen atoms in total. The Balaban J connectivity index is 2.51. The summed E-state index contributed by atoms with van der Waals surface area (Å²) in [6, 6.07) is 6.38. The Morgan fingerprint density at radius 2 is 2.18 bits per heavy atom. The minimum absolute atomic E-state index is 0.0287. The van der Waals surface area contributed by atoms with Gasteiger partial charge in [-0.1, -0.05) is 19.9 Å². The number of aromatic nitrogens is 1. The first-order valence-electron chi connectivity index (χ1n) is 7.00. The van der Waals surface area contributed by atoms with E-state index < -0.39 is 18.0 Å². The molecule has 0 radical (unpaired) electrons. The minimum atomic E-state index is -0.732. The van der Waals surface area contributed by atoms with Crippen molar-refractivity contribution in [3.05, 3.63) is 30.1 Å². The molecule has 0 aliphatic carbocycles. The van der Waals surface area contributed by atoms with E-state index in [4.69, 9.17) is 10.00 Å². The number of hydrogen-bond acceptors (Lipinski definition) is 5. The van der Waals surface area contributed by atoms with E-state index in [1.165, 1.54) is 0 Å². The van der Waals surface area contributed by atoms with Crippen LogP contribution in [0.25, 0.3) is 0 Å². The molecule has 0 saturated carbocycles. The van der Waals surface area contributed by atoms with E-state index in [0.717, 1.165) is 0 Å². The number of alkyl carbamates (subject to hydrolysis) is 1. The van der Waals surface area contributed by atoms with Crippen LogP contribution in [0.2, 0.25) is 0 Å². The maximum Gasteiger partial charge on any atom is 0.408 e. The number of ether oxygens (including phenoxy) is 1. The molecule has 1 rings (SSSR count). The van der Waals surface area contributed by atoms with Gasteiger partial charge in [0, 0.05) is 6.20 Å². The average Bonchev–Trinajstić information content (AvgIpc) is 2.50. The van der Waals surface area contributed by atoms with Crippen LogP contribution in [0.1, 0.15) is 26.0 Å². The summed E-state index contributed by atoms with van der Waals surface area (Å²) in [5.74, 6) is -0.195. The van der Waals surface area contributed by atoms with Crippen LogP contribution >= 0.6 is 0 Å². The van der Waals surface area contributed by atoms with Crippen LogP contribution in [-0.2, 0) is 16.1 Å². The number of hydrogen-bond donors (Lipinski definition) is 2. The van der Waals surface area contributed by atoms with E-state index in [1.807, 2.05) is 19.9 Å². The Morgan fingerprint density at radius 3 is 2.77 bits per heavy atom. The van der Waals surface area contributed by atoms with E-state index >= 15 is 0 Å². The molecular formula is C15H20N4O3. The van der Waals surface area contributed by atoms with Crippen LogP contribution < -0.4 is 10.6 Å². The Labute approximate surface area is 129 Å². The van der Waals surface area contributed by atoms with Crippen molar-refractivity contribution in [2.75, 3.05) is 6.54 Å². The van der Waals surface area contributed by atoms with Gasteiger partial charge in [-0.15, -0.1) is 0 Å². The minimum Gasteiger partial charge on any atom is -0.443 e. The fourth-order valence-electron chi connectivity index (χ4n) is 1.76. The molecule has 2 amide bonds. The highest BCUT2D eigenvalue weighted by molar-refractivity contribution is 5.85. The van der Waals surface area contributed by atoms with Gasteiger partial charge in [-0.25, -0.2) is 4.79 Å². The van der Waals surface area contributed by atoms with Crippen molar-refractivity contribution in [2.24, 2.45) is 5.92 Å². The number of nitriles is 1. The highest BCUT2D eigenvalue weighted by Gasteiger charge is 2.22. The second kappa shape index (κ2) is 9.34. The second-order valence-electron chi connectivity index (χ2n) is 5.10. The third-order valence-corrected chi connectivity index (χ3v) is 2.73. The van der Waals surface area contributed by atoms with E-state index in [9.17, 15) is 9.59 Å². The van der Waals surface area contributed by atoms with Gasteiger partial charge in [0.2, 0.25) is 5.91 Å². The van der Waals surface area contributed by atoms with Crippen molar-refractivity contribution in [1.82, 2.24) is 15.6 Å². The van der Waals surface area contributed by atoms with Gasteiger partial charge in [0.25, 0.3) is 0 Å². The van der Waals surface area contributed by atoms with Gasteiger partial charge in [0.1, 0.15) is 19.2 Å². The maximum atomic E-state index is 11.9. The second-order valence-corrected chi connectivity index (χ2v) is 5.10. The van der Waals surface area contributed by atoms with Crippen LogP contribution in [0.5, 0.6) is 0 Å². The van der Waals surface area contributed by atoms with Gasteiger partial charge in [-0.05, 0) is 24.5 Å². The number of nitrogens with zero attached hydrogens (tertiary/aromatic N) is 2. The summed E-state index contributed by atoms with van der Waals surface area (Å²) in [6.07, 6.45) is 1.37. The first-order valence-corrected chi connectivity index (χ1v) is 7.00. The lowest BCUT2D eigenvalue weighted by Crippen LogP contribution is -2.47. The average molecular weight is 304 g/mol. The summed E-state index contributed by atoms with van der Waals surface area (Å²) >= 11 is 0. The standard InChI is InChI=1S/C15H20N4O3/c1-11(2)9-13(14(20)18-8-6-16)19-15(21)22-10-12-5-3-4-7-17-12/h3-5,7,11,13H,8-10H2,1-2H3,(H,18,20)(H,19,21). The molecule has 0 spiro atoms. The molecule has 0 bridgehead atoms. The largest absolute Gasteiger partial charge is 0.443 e. The maximum absolute atomic E-state index is 11.9. The highest BCUT2D eigenvalue weighted by atomic mass is 16.5. The van der Waals surface area contributed by atoms with E-state index in [-0.39, 0.29) is 19.1 Å². The molecule has 1 atom stereocenters. The molecule has 0 saturated heterocycles. The molecule has 1 heterocycles. The van der Waals surface area contributed by atoms with Gasteiger partial charge >= 0.3 is 6.09 Å². The van der Waals surface area contributed by atoms with Crippen molar-refractivity contribution in [1.29, 1.82) is 5.26 Å². The van der Waals surface area contributed by atoms with Gasteiger partial charge in [0.05, 0.1) is 11.8 Å². The zero-order valence-corrected chi connectivity index (χ0v) is 12.7. The topological polar surface area (TPSA) is 104 Å². The first-order chi connectivity index (χ1) is 10.5. The molecule has 7 heteroatoms. The zero-order chi connectivity index (χ0) is 16.4. The SMILES string of the molecule is CC(C)CC(NC(=O)OCc1ccccn1)C(=O)NCC#N. The summed E-state index contributed by atoms with van der Waals surface area (Å²) < 4.78 is 5.04. The quantitative estimate of drug-likeness (QED) is 0.740. The van der Waals surface area contributed by atoms with Gasteiger partial charge in [0.15, 0.2) is 0 Å². The van der Waals surface area contributed by atoms with Crippen molar-refractivity contribution in [2.45, 2.75) is 32.9 Å². The normalized spacial score (nSPS) is 11.4. The smallest absolute Gasteiger partial charge is 0.408 e. The molecular weight excluding hydrogens is 284 g/mol. The summed E-state index contributed by atoms with van der Waals surface area (Å²) in [5, 5.41) is 13.4. The van der Waals surface area contributed by atoms with E-state index in [1.54, 1.807) is 24.4 Å². The summed E-state index contributed by atoms with van der Waals surface area (Å²) in [6.45, 7) is 3.80. The molecule has 22 heavy (non-hydrogen) atoms. The molecule has 1 unspecified atom stereocenters. The van der Waals surface area contributed by atoms with Gasteiger partial charge in [-0.2, -0.15) is 5.26 Å². The summed E-state index contributed by atoms with van der Waals surface area (Å²) in [7, 11) is 0. The predicted octanol–water partition coefficient (Wildman–Crippen LogP) is 1.36. The van der Waals surface area contributed by atoms with E-state index in [2.05, 4.69) is 15.6 Å². The Bertz CT molecular complexity index is 525. The molecule has 2 N–H and O–H groups in total. The predicted molar refractivity (Wildman–Crippen MR) is 79.4 cm³/mol. The zero-order valence-electron chi connectivity index (χ0n) is 12.7. The number of carbonyl (C=O) groups excluding carboxylic acids is 2. The third kappa shape index (κ3) is 6.70. The highest BCUT2D eigenvalue weighted by Crippen LogP contribution is 2.06. The molecule has 118 valence electrons. The number of nitrogens with one attached hydrogen (secondary N) is 2. The monoisotopic (exact) mass is 304 g/mol. The lowest BCUT2D eigenvalue weighted by atomic mass is 10.0. The molecule has 0 aliphatic heterocycles. The van der Waals surface area contributed by atoms with Crippen LogP contribution in [0, 0.1) is 17.2 Å². The fourth-order valence-corrected chi connectivity index (χ4v) is 1.76. The van der Waals surface area contributed by atoms with Crippen LogP contribution in [0.3, 0.4) is 0 Å². The third-order valence-electron chi connectivity index (χ3n) is 2.73. The Hall–Kier alpha value is -2.62. The van der Waals surface area contributed by atoms with Gasteiger partial charge < -0.3 is 15.4 Å². The molecule has 0 aliphatic rings. The van der Waals surface area contributed by atoms with Crippen molar-refractivity contribution in [3.63, 3.8) is 0 Å². The number of rotatable bonds is 7. The van der Waals surface area contributed by atoms with Crippen LogP contribution in [-0.4, -0.2) is 29.6 Å². The number of amides is 2. The Kier molecular flexibility index (Phi) is 7.40. The van der Waals surface area contributed by atoms with Crippen molar-refractivity contribution < 1.29 is 14.3 Å². The van der Waals surface area contributed by atoms with Crippen molar-refractivity contribution >= 4 is 12.0 Å². The van der Waals surface area contributed by atoms with Crippen LogP contribution in [0.4, 0.5) is 4.79 Å². The molecule has 1 aromatic rings. The Morgan fingerprint density at radius 1 is 1.41 bits per heavy atom. The molecule has 0 fully saturated rings. The van der Waals surface area contributed by atoms with Crippen LogP contribution in [0.15, 0.2) is 24.4 Å². The lowest BCUT2D eigenvalue weighted by molar-refractivity contribution is -0.123. The van der Waals surface area contributed by atoms with E-state index in [0.29, 0.717) is 12.1 Å². The summed E-state index contributed by atoms with van der Waals surface area (Å²) in [4.78, 5) is 27.7. The van der Waals surface area contributed by atoms with Gasteiger partial charge in [-0.3, -0.25) is 9.78 Å². The fraction of sp³-hybridized carbons (Fsp3) is 0.467. The lowest BCUT2D eigenvalue weighted by Gasteiger charge is -2.19.